The Morgan fingerprint density at radius 1 is 1.33 bits per heavy atom. The number of hydrogen-bond acceptors (Lipinski definition) is 5. The normalized spacial score (nSPS) is 20.6. The van der Waals surface area contributed by atoms with Gasteiger partial charge in [0.1, 0.15) is 0 Å². The van der Waals surface area contributed by atoms with Crippen molar-refractivity contribution in [2.75, 3.05) is 31.5 Å². The number of rotatable bonds is 2. The minimum Gasteiger partial charge on any atom is -0.454 e. The lowest BCUT2D eigenvalue weighted by molar-refractivity contribution is 0.174. The molecule has 3 rings (SSSR count). The molecule has 21 heavy (non-hydrogen) atoms. The van der Waals surface area contributed by atoms with Gasteiger partial charge in [-0.05, 0) is 18.6 Å². The van der Waals surface area contributed by atoms with E-state index in [0.29, 0.717) is 30.2 Å². The molecule has 114 valence electrons. The predicted octanol–water partition coefficient (Wildman–Crippen LogP) is 1.07. The number of benzene rings is 1. The average Bonchev–Trinajstić information content (AvgIpc) is 3.06. The summed E-state index contributed by atoms with van der Waals surface area (Å²) in [4.78, 5) is 13.6. The summed E-state index contributed by atoms with van der Waals surface area (Å²) in [5.41, 5.74) is 0.590. The molecule has 1 fully saturated rings. The maximum absolute atomic E-state index is 12.1. The highest BCUT2D eigenvalue weighted by Crippen LogP contribution is 2.34. The molecule has 2 heterocycles. The number of nitrogens with zero attached hydrogens (tertiary/aromatic N) is 1. The monoisotopic (exact) mass is 312 g/mol. The van der Waals surface area contributed by atoms with Gasteiger partial charge in [-0.15, -0.1) is 0 Å². The van der Waals surface area contributed by atoms with E-state index in [1.165, 1.54) is 11.2 Å². The maximum atomic E-state index is 12.1. The summed E-state index contributed by atoms with van der Waals surface area (Å²) in [7, 11) is -3.11. The molecule has 1 atom stereocenters. The maximum Gasteiger partial charge on any atom is 0.321 e. The summed E-state index contributed by atoms with van der Waals surface area (Å²) in [6.45, 7) is 0.845. The highest BCUT2D eigenvalue weighted by molar-refractivity contribution is 7.91. The summed E-state index contributed by atoms with van der Waals surface area (Å²) in [5.74, 6) is 1.23. The van der Waals surface area contributed by atoms with Crippen LogP contribution in [-0.2, 0) is 9.84 Å². The van der Waals surface area contributed by atoms with Crippen LogP contribution in [0.2, 0.25) is 0 Å². The first-order chi connectivity index (χ1) is 9.93. The van der Waals surface area contributed by atoms with Crippen molar-refractivity contribution >= 4 is 21.6 Å². The van der Waals surface area contributed by atoms with Crippen molar-refractivity contribution in [2.45, 2.75) is 11.7 Å². The lowest BCUT2D eigenvalue weighted by atomic mass is 10.3. The molecule has 8 heteroatoms. The first-order valence-corrected chi connectivity index (χ1v) is 8.53. The summed E-state index contributed by atoms with van der Waals surface area (Å²) in [6, 6.07) is 4.82. The number of nitrogens with one attached hydrogen (secondary N) is 1. The van der Waals surface area contributed by atoms with E-state index >= 15 is 0 Å². The molecule has 0 aromatic heterocycles. The lowest BCUT2D eigenvalue weighted by Gasteiger charge is -2.17. The van der Waals surface area contributed by atoms with Gasteiger partial charge in [-0.2, -0.15) is 0 Å². The number of hydrogen-bond donors (Lipinski definition) is 1. The van der Waals surface area contributed by atoms with Crippen molar-refractivity contribution in [1.82, 2.24) is 4.90 Å². The number of carbonyl (C=O) groups is 1. The number of ether oxygens (including phenoxy) is 2. The Bertz CT molecular complexity index is 673. The van der Waals surface area contributed by atoms with Gasteiger partial charge in [-0.3, -0.25) is 0 Å². The van der Waals surface area contributed by atoms with Crippen LogP contribution in [0.15, 0.2) is 18.2 Å². The summed E-state index contributed by atoms with van der Waals surface area (Å²) >= 11 is 0. The molecule has 0 saturated carbocycles. The number of likely N-dealkylation sites (tertiary alicyclic amines) is 1. The Morgan fingerprint density at radius 2 is 2.10 bits per heavy atom. The molecule has 1 unspecified atom stereocenters. The minimum atomic E-state index is -3.11. The van der Waals surface area contributed by atoms with E-state index in [1.807, 2.05) is 0 Å². The fraction of sp³-hybridized carbons (Fsp3) is 0.462. The number of urea groups is 1. The summed E-state index contributed by atoms with van der Waals surface area (Å²) in [6.07, 6.45) is 1.68. The van der Waals surface area contributed by atoms with Gasteiger partial charge in [0.25, 0.3) is 0 Å². The van der Waals surface area contributed by atoms with Crippen LogP contribution < -0.4 is 14.8 Å². The zero-order valence-corrected chi connectivity index (χ0v) is 12.4. The third-order valence-corrected chi connectivity index (χ3v) is 5.26. The smallest absolute Gasteiger partial charge is 0.321 e. The predicted molar refractivity (Wildman–Crippen MR) is 76.4 cm³/mol. The molecule has 2 amide bonds. The third-order valence-electron chi connectivity index (χ3n) is 3.66. The Balaban J connectivity index is 1.65. The van der Waals surface area contributed by atoms with Crippen LogP contribution in [0.5, 0.6) is 11.5 Å². The number of sulfone groups is 1. The van der Waals surface area contributed by atoms with Gasteiger partial charge >= 0.3 is 6.03 Å². The van der Waals surface area contributed by atoms with Crippen LogP contribution in [0.1, 0.15) is 6.42 Å². The Kier molecular flexibility index (Phi) is 3.40. The molecule has 1 aromatic rings. The SMILES string of the molecule is CS(=O)(=O)C1CCN(C(=O)Nc2ccc3c(c2)OCO3)C1. The third kappa shape index (κ3) is 2.90. The summed E-state index contributed by atoms with van der Waals surface area (Å²) < 4.78 is 33.4. The molecular weight excluding hydrogens is 296 g/mol. The number of carbonyl (C=O) groups excluding carboxylic acids is 1. The minimum absolute atomic E-state index is 0.175. The molecule has 1 aromatic carbocycles. The zero-order chi connectivity index (χ0) is 15.0. The number of fused-ring (bicyclic) bond motifs is 1. The standard InChI is InChI=1S/C13H16N2O5S/c1-21(17,18)10-4-5-15(7-10)13(16)14-9-2-3-11-12(6-9)20-8-19-11/h2-3,6,10H,4-5,7-8H2,1H3,(H,14,16). The molecule has 0 radical (unpaired) electrons. The molecule has 0 spiro atoms. The molecular formula is C13H16N2O5S. The van der Waals surface area contributed by atoms with Crippen LogP contribution in [0, 0.1) is 0 Å². The van der Waals surface area contributed by atoms with Crippen LogP contribution in [0.4, 0.5) is 10.5 Å². The van der Waals surface area contributed by atoms with Crippen molar-refractivity contribution in [3.63, 3.8) is 0 Å². The molecule has 2 aliphatic rings. The fourth-order valence-corrected chi connectivity index (χ4v) is 3.42. The van der Waals surface area contributed by atoms with Gasteiger partial charge in [0.15, 0.2) is 21.3 Å². The van der Waals surface area contributed by atoms with E-state index in [0.717, 1.165) is 0 Å². The lowest BCUT2D eigenvalue weighted by Crippen LogP contribution is -2.34. The first-order valence-electron chi connectivity index (χ1n) is 6.58. The highest BCUT2D eigenvalue weighted by atomic mass is 32.2. The van der Waals surface area contributed by atoms with Crippen molar-refractivity contribution in [3.8, 4) is 11.5 Å². The molecule has 1 saturated heterocycles. The number of anilines is 1. The summed E-state index contributed by atoms with van der Waals surface area (Å²) in [5, 5.41) is 2.27. The topological polar surface area (TPSA) is 84.9 Å². The van der Waals surface area contributed by atoms with E-state index in [2.05, 4.69) is 5.32 Å². The van der Waals surface area contributed by atoms with Gasteiger partial charge in [0.2, 0.25) is 6.79 Å². The second-order valence-corrected chi connectivity index (χ2v) is 7.51. The second kappa shape index (κ2) is 5.10. The van der Waals surface area contributed by atoms with E-state index in [4.69, 9.17) is 9.47 Å². The highest BCUT2D eigenvalue weighted by Gasteiger charge is 2.32. The van der Waals surface area contributed by atoms with Crippen molar-refractivity contribution in [3.05, 3.63) is 18.2 Å². The van der Waals surface area contributed by atoms with Crippen LogP contribution in [-0.4, -0.2) is 50.7 Å². The Morgan fingerprint density at radius 3 is 2.81 bits per heavy atom. The van der Waals surface area contributed by atoms with Crippen LogP contribution >= 0.6 is 0 Å². The Labute approximate surface area is 122 Å². The van der Waals surface area contributed by atoms with Gasteiger partial charge in [-0.1, -0.05) is 0 Å². The molecule has 0 aliphatic carbocycles. The second-order valence-electron chi connectivity index (χ2n) is 5.18. The zero-order valence-electron chi connectivity index (χ0n) is 11.5. The fourth-order valence-electron chi connectivity index (χ4n) is 2.44. The van der Waals surface area contributed by atoms with E-state index in [1.54, 1.807) is 18.2 Å². The van der Waals surface area contributed by atoms with Crippen LogP contribution in [0.3, 0.4) is 0 Å². The van der Waals surface area contributed by atoms with Gasteiger partial charge in [0, 0.05) is 31.1 Å². The van der Waals surface area contributed by atoms with Gasteiger partial charge in [-0.25, -0.2) is 13.2 Å². The molecule has 1 N–H and O–H groups in total. The van der Waals surface area contributed by atoms with E-state index < -0.39 is 15.1 Å². The van der Waals surface area contributed by atoms with Crippen molar-refractivity contribution in [1.29, 1.82) is 0 Å². The average molecular weight is 312 g/mol. The van der Waals surface area contributed by atoms with Crippen LogP contribution in [0.25, 0.3) is 0 Å². The quantitative estimate of drug-likeness (QED) is 0.883. The largest absolute Gasteiger partial charge is 0.454 e. The molecule has 0 bridgehead atoms. The molecule has 2 aliphatic heterocycles. The van der Waals surface area contributed by atoms with Crippen molar-refractivity contribution in [2.24, 2.45) is 0 Å². The van der Waals surface area contributed by atoms with Gasteiger partial charge in [0.05, 0.1) is 5.25 Å². The Hall–Kier alpha value is -1.96. The van der Waals surface area contributed by atoms with E-state index in [9.17, 15) is 13.2 Å². The van der Waals surface area contributed by atoms with Crippen molar-refractivity contribution < 1.29 is 22.7 Å². The first kappa shape index (κ1) is 14.0. The van der Waals surface area contributed by atoms with E-state index in [-0.39, 0.29) is 19.4 Å². The number of amides is 2. The van der Waals surface area contributed by atoms with Gasteiger partial charge < -0.3 is 19.7 Å². The molecule has 7 nitrogen and oxygen atoms in total.